The number of benzene rings is 2. The van der Waals surface area contributed by atoms with Gasteiger partial charge in [-0.25, -0.2) is 4.79 Å². The Morgan fingerprint density at radius 2 is 1.79 bits per heavy atom. The minimum absolute atomic E-state index is 0.0614. The van der Waals surface area contributed by atoms with Crippen molar-refractivity contribution in [1.82, 2.24) is 4.57 Å². The molecule has 5 nitrogen and oxygen atoms in total. The zero-order chi connectivity index (χ0) is 20.3. The van der Waals surface area contributed by atoms with E-state index < -0.39 is 0 Å². The molecular weight excluding hydrogens is 354 g/mol. The first-order valence-electron chi connectivity index (χ1n) is 9.46. The van der Waals surface area contributed by atoms with Crippen molar-refractivity contribution in [3.05, 3.63) is 65.4 Å². The molecule has 0 saturated carbocycles. The van der Waals surface area contributed by atoms with Crippen LogP contribution in [0.15, 0.2) is 48.5 Å². The first kappa shape index (κ1) is 19.7. The zero-order valence-electron chi connectivity index (χ0n) is 16.7. The predicted octanol–water partition coefficient (Wildman–Crippen LogP) is 4.97. The fourth-order valence-electron chi connectivity index (χ4n) is 3.49. The fraction of sp³-hybridized carbons (Fsp3) is 0.304. The molecule has 0 spiro atoms. The first-order valence-corrected chi connectivity index (χ1v) is 9.46. The van der Waals surface area contributed by atoms with Gasteiger partial charge in [0.1, 0.15) is 5.75 Å². The van der Waals surface area contributed by atoms with Gasteiger partial charge in [0.25, 0.3) is 0 Å². The van der Waals surface area contributed by atoms with E-state index in [4.69, 9.17) is 9.47 Å². The highest BCUT2D eigenvalue weighted by Crippen LogP contribution is 2.32. The highest BCUT2D eigenvalue weighted by Gasteiger charge is 2.22. The van der Waals surface area contributed by atoms with Gasteiger partial charge in [-0.15, -0.1) is 0 Å². The molecular formula is C23H25NO4. The van der Waals surface area contributed by atoms with Crippen LogP contribution in [0.25, 0.3) is 10.9 Å². The Hall–Kier alpha value is -3.08. The van der Waals surface area contributed by atoms with Gasteiger partial charge in [-0.1, -0.05) is 30.3 Å². The molecule has 5 heteroatoms. The molecule has 0 aliphatic carbocycles. The number of hydrogen-bond donors (Lipinski definition) is 0. The summed E-state index contributed by atoms with van der Waals surface area (Å²) < 4.78 is 13.1. The molecule has 0 bridgehead atoms. The lowest BCUT2D eigenvalue weighted by Gasteiger charge is -2.13. The highest BCUT2D eigenvalue weighted by atomic mass is 16.5. The largest absolute Gasteiger partial charge is 0.485 e. The molecule has 0 atom stereocenters. The molecule has 0 unspecified atom stereocenters. The van der Waals surface area contributed by atoms with Crippen molar-refractivity contribution in [2.45, 2.75) is 33.7 Å². The van der Waals surface area contributed by atoms with Crippen molar-refractivity contribution in [3.8, 4) is 5.75 Å². The lowest BCUT2D eigenvalue weighted by molar-refractivity contribution is 0.0527. The molecule has 0 radical (unpaired) electrons. The normalized spacial score (nSPS) is 11.0. The second kappa shape index (κ2) is 8.30. The van der Waals surface area contributed by atoms with Crippen molar-refractivity contribution in [2.24, 2.45) is 0 Å². The van der Waals surface area contributed by atoms with Crippen LogP contribution in [0.2, 0.25) is 0 Å². The SMILES string of the molecule is CCOC(=O)c1c(C)n(C(C)C)c2ccc(OCC(=O)c3ccccc3)cc12. The summed E-state index contributed by atoms with van der Waals surface area (Å²) in [4.78, 5) is 24.8. The Labute approximate surface area is 164 Å². The van der Waals surface area contributed by atoms with Crippen LogP contribution in [0.5, 0.6) is 5.75 Å². The van der Waals surface area contributed by atoms with Crippen molar-refractivity contribution in [1.29, 1.82) is 0 Å². The summed E-state index contributed by atoms with van der Waals surface area (Å²) >= 11 is 0. The minimum atomic E-state index is -0.345. The van der Waals surface area contributed by atoms with Gasteiger partial charge in [0.2, 0.25) is 0 Å². The summed E-state index contributed by atoms with van der Waals surface area (Å²) in [6.45, 7) is 8.11. The third-order valence-corrected chi connectivity index (χ3v) is 4.68. The highest BCUT2D eigenvalue weighted by molar-refractivity contribution is 6.06. The van der Waals surface area contributed by atoms with Crippen molar-refractivity contribution < 1.29 is 19.1 Å². The van der Waals surface area contributed by atoms with Crippen LogP contribution >= 0.6 is 0 Å². The van der Waals surface area contributed by atoms with Crippen LogP contribution in [0.1, 0.15) is 53.2 Å². The van der Waals surface area contributed by atoms with E-state index in [0.29, 0.717) is 23.5 Å². The lowest BCUT2D eigenvalue weighted by atomic mass is 10.1. The standard InChI is InChI=1S/C23H25NO4/c1-5-27-23(26)22-16(4)24(15(2)3)20-12-11-18(13-19(20)22)28-14-21(25)17-9-7-6-8-10-17/h6-13,15H,5,14H2,1-4H3. The van der Waals surface area contributed by atoms with Gasteiger partial charge in [0.05, 0.1) is 12.2 Å². The molecule has 0 aliphatic rings. The molecule has 0 amide bonds. The number of hydrogen-bond acceptors (Lipinski definition) is 4. The average Bonchev–Trinajstić information content (AvgIpc) is 2.98. The molecule has 3 aromatic rings. The number of Topliss-reactive ketones (excluding diaryl/α,β-unsaturated/α-hetero) is 1. The smallest absolute Gasteiger partial charge is 0.340 e. The number of ether oxygens (including phenoxy) is 2. The summed E-state index contributed by atoms with van der Waals surface area (Å²) in [6.07, 6.45) is 0. The first-order chi connectivity index (χ1) is 13.4. The van der Waals surface area contributed by atoms with Crippen LogP contribution in [0, 0.1) is 6.92 Å². The van der Waals surface area contributed by atoms with E-state index >= 15 is 0 Å². The van der Waals surface area contributed by atoms with E-state index in [0.717, 1.165) is 16.6 Å². The quantitative estimate of drug-likeness (QED) is 0.430. The van der Waals surface area contributed by atoms with E-state index in [1.165, 1.54) is 0 Å². The van der Waals surface area contributed by atoms with E-state index in [1.54, 1.807) is 19.1 Å². The second-order valence-electron chi connectivity index (χ2n) is 6.90. The van der Waals surface area contributed by atoms with Gasteiger partial charge in [0, 0.05) is 28.2 Å². The van der Waals surface area contributed by atoms with E-state index in [9.17, 15) is 9.59 Å². The monoisotopic (exact) mass is 379 g/mol. The Bertz CT molecular complexity index is 1000. The third kappa shape index (κ3) is 3.79. The van der Waals surface area contributed by atoms with Crippen molar-refractivity contribution in [2.75, 3.05) is 13.2 Å². The van der Waals surface area contributed by atoms with Gasteiger partial charge in [-0.3, -0.25) is 4.79 Å². The molecule has 146 valence electrons. The van der Waals surface area contributed by atoms with Crippen LogP contribution < -0.4 is 4.74 Å². The van der Waals surface area contributed by atoms with Crippen LogP contribution in [0.3, 0.4) is 0 Å². The van der Waals surface area contributed by atoms with Crippen molar-refractivity contribution >= 4 is 22.7 Å². The zero-order valence-corrected chi connectivity index (χ0v) is 16.7. The Balaban J connectivity index is 1.94. The fourth-order valence-corrected chi connectivity index (χ4v) is 3.49. The lowest BCUT2D eigenvalue weighted by Crippen LogP contribution is -2.11. The second-order valence-corrected chi connectivity index (χ2v) is 6.90. The molecule has 1 aromatic heterocycles. The summed E-state index contributed by atoms with van der Waals surface area (Å²) in [5.41, 5.74) is 2.96. The number of esters is 1. The van der Waals surface area contributed by atoms with E-state index in [1.807, 2.05) is 43.3 Å². The molecule has 2 aromatic carbocycles. The number of ketones is 1. The van der Waals surface area contributed by atoms with Crippen molar-refractivity contribution in [3.63, 3.8) is 0 Å². The summed E-state index contributed by atoms with van der Waals surface area (Å²) in [5.74, 6) is 0.104. The number of carbonyl (C=O) groups excluding carboxylic acids is 2. The molecule has 0 saturated heterocycles. The predicted molar refractivity (Wildman–Crippen MR) is 109 cm³/mol. The van der Waals surface area contributed by atoms with Gasteiger partial charge < -0.3 is 14.0 Å². The minimum Gasteiger partial charge on any atom is -0.485 e. The molecule has 28 heavy (non-hydrogen) atoms. The summed E-state index contributed by atoms with van der Waals surface area (Å²) in [5, 5.41) is 0.773. The average molecular weight is 379 g/mol. The number of fused-ring (bicyclic) bond motifs is 1. The maximum atomic E-state index is 12.5. The molecule has 0 aliphatic heterocycles. The molecule has 0 N–H and O–H groups in total. The number of nitrogens with zero attached hydrogens (tertiary/aromatic N) is 1. The summed E-state index contributed by atoms with van der Waals surface area (Å²) in [7, 11) is 0. The number of carbonyl (C=O) groups is 2. The molecule has 0 fully saturated rings. The number of aromatic nitrogens is 1. The van der Waals surface area contributed by atoms with E-state index in [-0.39, 0.29) is 24.4 Å². The Kier molecular flexibility index (Phi) is 5.83. The topological polar surface area (TPSA) is 57.5 Å². The van der Waals surface area contributed by atoms with Gasteiger partial charge in [-0.2, -0.15) is 0 Å². The third-order valence-electron chi connectivity index (χ3n) is 4.68. The molecule has 3 rings (SSSR count). The van der Waals surface area contributed by atoms with Crippen LogP contribution in [-0.2, 0) is 4.74 Å². The maximum absolute atomic E-state index is 12.5. The maximum Gasteiger partial charge on any atom is 0.340 e. The van der Waals surface area contributed by atoms with Crippen LogP contribution in [0.4, 0.5) is 0 Å². The van der Waals surface area contributed by atoms with E-state index in [2.05, 4.69) is 18.4 Å². The van der Waals surface area contributed by atoms with Gasteiger partial charge >= 0.3 is 5.97 Å². The Morgan fingerprint density at radius 1 is 1.07 bits per heavy atom. The van der Waals surface area contributed by atoms with Gasteiger partial charge in [-0.05, 0) is 45.9 Å². The van der Waals surface area contributed by atoms with Gasteiger partial charge in [0.15, 0.2) is 12.4 Å². The number of rotatable bonds is 7. The summed E-state index contributed by atoms with van der Waals surface area (Å²) in [6, 6.07) is 14.8. The van der Waals surface area contributed by atoms with Crippen LogP contribution in [-0.4, -0.2) is 29.5 Å². The Morgan fingerprint density at radius 3 is 2.43 bits per heavy atom. The molecule has 1 heterocycles.